The minimum absolute atomic E-state index is 0.146. The zero-order valence-corrected chi connectivity index (χ0v) is 14.8. The molecule has 1 aliphatic heterocycles. The largest absolute Gasteiger partial charge is 0.369 e. The van der Waals surface area contributed by atoms with Crippen molar-refractivity contribution in [3.05, 3.63) is 35.9 Å². The van der Waals surface area contributed by atoms with E-state index in [1.807, 2.05) is 11.0 Å². The fourth-order valence-corrected chi connectivity index (χ4v) is 3.20. The highest BCUT2D eigenvalue weighted by Crippen LogP contribution is 2.19. The number of likely N-dealkylation sites (tertiary alicyclic amines) is 1. The van der Waals surface area contributed by atoms with E-state index in [4.69, 9.17) is 5.73 Å². The molecule has 1 fully saturated rings. The fraction of sp³-hybridized carbons (Fsp3) is 0.579. The molecular formula is C19H29N3O2. The van der Waals surface area contributed by atoms with Crippen molar-refractivity contribution in [1.82, 2.24) is 9.80 Å². The van der Waals surface area contributed by atoms with Gasteiger partial charge in [-0.1, -0.05) is 37.3 Å². The molecule has 2 amide bonds. The third-order valence-corrected chi connectivity index (χ3v) is 4.99. The smallest absolute Gasteiger partial charge is 0.222 e. The van der Waals surface area contributed by atoms with Gasteiger partial charge in [0.25, 0.3) is 0 Å². The van der Waals surface area contributed by atoms with Crippen LogP contribution in [0.2, 0.25) is 0 Å². The zero-order valence-electron chi connectivity index (χ0n) is 14.8. The molecule has 132 valence electrons. The second-order valence-electron chi connectivity index (χ2n) is 6.85. The summed E-state index contributed by atoms with van der Waals surface area (Å²) in [4.78, 5) is 27.6. The summed E-state index contributed by atoms with van der Waals surface area (Å²) in [6, 6.07) is 11.0. The number of primary amides is 1. The Balaban J connectivity index is 1.74. The molecule has 1 aliphatic rings. The molecule has 0 aliphatic carbocycles. The van der Waals surface area contributed by atoms with E-state index < -0.39 is 0 Å². The number of benzene rings is 1. The molecule has 0 aromatic heterocycles. The quantitative estimate of drug-likeness (QED) is 0.831. The molecule has 2 rings (SSSR count). The Morgan fingerprint density at radius 1 is 1.25 bits per heavy atom. The van der Waals surface area contributed by atoms with Crippen molar-refractivity contribution in [2.24, 2.45) is 11.7 Å². The highest BCUT2D eigenvalue weighted by Gasteiger charge is 2.25. The second-order valence-corrected chi connectivity index (χ2v) is 6.85. The number of carbonyl (C=O) groups excluding carboxylic acids is 2. The Labute approximate surface area is 144 Å². The van der Waals surface area contributed by atoms with Crippen molar-refractivity contribution in [2.75, 3.05) is 20.1 Å². The van der Waals surface area contributed by atoms with Gasteiger partial charge in [0.1, 0.15) is 0 Å². The van der Waals surface area contributed by atoms with Crippen LogP contribution in [0.5, 0.6) is 0 Å². The molecular weight excluding hydrogens is 302 g/mol. The third-order valence-electron chi connectivity index (χ3n) is 4.99. The van der Waals surface area contributed by atoms with E-state index in [-0.39, 0.29) is 17.7 Å². The number of hydrogen-bond acceptors (Lipinski definition) is 3. The zero-order chi connectivity index (χ0) is 17.5. The van der Waals surface area contributed by atoms with Crippen molar-refractivity contribution >= 4 is 11.8 Å². The minimum atomic E-state index is -0.330. The topological polar surface area (TPSA) is 66.6 Å². The summed E-state index contributed by atoms with van der Waals surface area (Å²) in [6.07, 6.45) is 2.96. The van der Waals surface area contributed by atoms with Crippen LogP contribution < -0.4 is 5.73 Å². The van der Waals surface area contributed by atoms with E-state index in [1.54, 1.807) is 6.92 Å². The van der Waals surface area contributed by atoms with Crippen LogP contribution in [0.3, 0.4) is 0 Å². The van der Waals surface area contributed by atoms with Gasteiger partial charge in [0.15, 0.2) is 0 Å². The van der Waals surface area contributed by atoms with Crippen LogP contribution in [-0.2, 0) is 16.1 Å². The number of piperidine rings is 1. The van der Waals surface area contributed by atoms with Gasteiger partial charge in [-0.05, 0) is 31.9 Å². The third kappa shape index (κ3) is 5.34. The molecule has 0 bridgehead atoms. The lowest BCUT2D eigenvalue weighted by molar-refractivity contribution is -0.133. The van der Waals surface area contributed by atoms with Crippen molar-refractivity contribution < 1.29 is 9.59 Å². The normalized spacial score (nSPS) is 17.0. The molecule has 5 nitrogen and oxygen atoms in total. The van der Waals surface area contributed by atoms with Gasteiger partial charge in [-0.15, -0.1) is 0 Å². The van der Waals surface area contributed by atoms with Gasteiger partial charge < -0.3 is 10.6 Å². The van der Waals surface area contributed by atoms with E-state index in [0.29, 0.717) is 18.9 Å². The average Bonchev–Trinajstić information content (AvgIpc) is 2.60. The van der Waals surface area contributed by atoms with E-state index >= 15 is 0 Å². The van der Waals surface area contributed by atoms with Crippen molar-refractivity contribution in [2.45, 2.75) is 45.2 Å². The molecule has 0 unspecified atom stereocenters. The van der Waals surface area contributed by atoms with E-state index in [9.17, 15) is 9.59 Å². The molecule has 1 heterocycles. The molecule has 0 radical (unpaired) electrons. The summed E-state index contributed by atoms with van der Waals surface area (Å²) in [5.74, 6) is -0.417. The van der Waals surface area contributed by atoms with Crippen LogP contribution >= 0.6 is 0 Å². The number of amides is 2. The van der Waals surface area contributed by atoms with Gasteiger partial charge in [-0.25, -0.2) is 0 Å². The van der Waals surface area contributed by atoms with E-state index in [0.717, 1.165) is 32.5 Å². The Hall–Kier alpha value is -1.88. The molecule has 1 saturated heterocycles. The number of hydrogen-bond donors (Lipinski definition) is 1. The molecule has 1 aromatic rings. The molecule has 1 aromatic carbocycles. The van der Waals surface area contributed by atoms with Gasteiger partial charge in [-0.2, -0.15) is 0 Å². The summed E-state index contributed by atoms with van der Waals surface area (Å²) in [5, 5.41) is 0. The summed E-state index contributed by atoms with van der Waals surface area (Å²) >= 11 is 0. The van der Waals surface area contributed by atoms with Crippen LogP contribution in [0.25, 0.3) is 0 Å². The molecule has 0 spiro atoms. The van der Waals surface area contributed by atoms with Crippen molar-refractivity contribution in [3.8, 4) is 0 Å². The Bertz CT molecular complexity index is 539. The first-order chi connectivity index (χ1) is 11.5. The number of carbonyl (C=O) groups is 2. The van der Waals surface area contributed by atoms with Crippen LogP contribution in [0.4, 0.5) is 0 Å². The Morgan fingerprint density at radius 3 is 2.46 bits per heavy atom. The first-order valence-corrected chi connectivity index (χ1v) is 8.78. The fourth-order valence-electron chi connectivity index (χ4n) is 3.20. The second kappa shape index (κ2) is 8.83. The van der Waals surface area contributed by atoms with Crippen LogP contribution in [0, 0.1) is 5.92 Å². The lowest BCUT2D eigenvalue weighted by Crippen LogP contribution is -2.45. The SMILES string of the molecule is C[C@@H](CCC(=O)N1CCC(N(C)Cc2ccccc2)CC1)C(N)=O. The summed E-state index contributed by atoms with van der Waals surface area (Å²) < 4.78 is 0. The number of rotatable bonds is 7. The lowest BCUT2D eigenvalue weighted by Gasteiger charge is -2.37. The van der Waals surface area contributed by atoms with Gasteiger partial charge in [-0.3, -0.25) is 14.5 Å². The Kier molecular flexibility index (Phi) is 6.79. The predicted octanol–water partition coefficient (Wildman–Crippen LogP) is 2.01. The summed E-state index contributed by atoms with van der Waals surface area (Å²) in [7, 11) is 2.16. The standard InChI is InChI=1S/C19H29N3O2/c1-15(19(20)24)8-9-18(23)22-12-10-17(11-13-22)21(2)14-16-6-4-3-5-7-16/h3-7,15,17H,8-14H2,1-2H3,(H2,20,24)/t15-/m0/s1. The van der Waals surface area contributed by atoms with Crippen LogP contribution in [0.15, 0.2) is 30.3 Å². The van der Waals surface area contributed by atoms with Gasteiger partial charge in [0.05, 0.1) is 0 Å². The maximum absolute atomic E-state index is 12.3. The van der Waals surface area contributed by atoms with Gasteiger partial charge in [0, 0.05) is 38.0 Å². The van der Waals surface area contributed by atoms with Crippen molar-refractivity contribution in [3.63, 3.8) is 0 Å². The van der Waals surface area contributed by atoms with Gasteiger partial charge >= 0.3 is 0 Å². The highest BCUT2D eigenvalue weighted by molar-refractivity contribution is 5.79. The average molecular weight is 331 g/mol. The first-order valence-electron chi connectivity index (χ1n) is 8.78. The van der Waals surface area contributed by atoms with E-state index in [1.165, 1.54) is 5.56 Å². The first kappa shape index (κ1) is 18.5. The molecule has 24 heavy (non-hydrogen) atoms. The van der Waals surface area contributed by atoms with Crippen LogP contribution in [0.1, 0.15) is 38.2 Å². The number of nitrogens with zero attached hydrogens (tertiary/aromatic N) is 2. The molecule has 1 atom stereocenters. The molecule has 2 N–H and O–H groups in total. The minimum Gasteiger partial charge on any atom is -0.369 e. The maximum Gasteiger partial charge on any atom is 0.222 e. The monoisotopic (exact) mass is 331 g/mol. The van der Waals surface area contributed by atoms with Crippen molar-refractivity contribution in [1.29, 1.82) is 0 Å². The van der Waals surface area contributed by atoms with E-state index in [2.05, 4.69) is 36.2 Å². The van der Waals surface area contributed by atoms with Gasteiger partial charge in [0.2, 0.25) is 11.8 Å². The number of nitrogens with two attached hydrogens (primary N) is 1. The Morgan fingerprint density at radius 2 is 1.88 bits per heavy atom. The predicted molar refractivity (Wildman–Crippen MR) is 95.1 cm³/mol. The lowest BCUT2D eigenvalue weighted by atomic mass is 10.0. The summed E-state index contributed by atoms with van der Waals surface area (Å²) in [6.45, 7) is 4.32. The summed E-state index contributed by atoms with van der Waals surface area (Å²) in [5.41, 5.74) is 6.56. The van der Waals surface area contributed by atoms with Crippen LogP contribution in [-0.4, -0.2) is 47.8 Å². The molecule has 0 saturated carbocycles. The maximum atomic E-state index is 12.3. The molecule has 5 heteroatoms. The highest BCUT2D eigenvalue weighted by atomic mass is 16.2.